The lowest BCUT2D eigenvalue weighted by atomic mass is 10.1. The first-order valence-electron chi connectivity index (χ1n) is 6.43. The van der Waals surface area contributed by atoms with Gasteiger partial charge in [0.25, 0.3) is 0 Å². The number of carbonyl (C=O) groups is 1. The van der Waals surface area contributed by atoms with Crippen molar-refractivity contribution in [1.82, 2.24) is 0 Å². The van der Waals surface area contributed by atoms with Gasteiger partial charge in [0.15, 0.2) is 0 Å². The van der Waals surface area contributed by atoms with Crippen LogP contribution in [-0.2, 0) is 0 Å². The molecular weight excluding hydrogens is 252 g/mol. The van der Waals surface area contributed by atoms with Crippen LogP contribution >= 0.6 is 0 Å². The Hall–Kier alpha value is -2.49. The van der Waals surface area contributed by atoms with Crippen LogP contribution < -0.4 is 11.1 Å². The van der Waals surface area contributed by atoms with E-state index < -0.39 is 5.97 Å². The van der Waals surface area contributed by atoms with Gasteiger partial charge in [-0.1, -0.05) is 29.8 Å². The molecule has 0 amide bonds. The highest BCUT2D eigenvalue weighted by Gasteiger charge is 2.10. The molecule has 2 aromatic carbocycles. The van der Waals surface area contributed by atoms with Gasteiger partial charge in [-0.3, -0.25) is 0 Å². The third-order valence-electron chi connectivity index (χ3n) is 3.25. The summed E-state index contributed by atoms with van der Waals surface area (Å²) in [5.74, 6) is -0.962. The molecule has 4 heteroatoms. The number of carboxylic acid groups (broad SMARTS) is 1. The van der Waals surface area contributed by atoms with E-state index in [-0.39, 0.29) is 11.6 Å². The molecule has 0 heterocycles. The van der Waals surface area contributed by atoms with E-state index in [0.717, 1.165) is 5.56 Å². The van der Waals surface area contributed by atoms with Gasteiger partial charge in [0.2, 0.25) is 0 Å². The summed E-state index contributed by atoms with van der Waals surface area (Å²) in [6.07, 6.45) is 0. The highest BCUT2D eigenvalue weighted by molar-refractivity contribution is 5.90. The first kappa shape index (κ1) is 13.9. The van der Waals surface area contributed by atoms with Crippen molar-refractivity contribution in [2.24, 2.45) is 0 Å². The van der Waals surface area contributed by atoms with E-state index in [2.05, 4.69) is 5.32 Å². The van der Waals surface area contributed by atoms with Crippen LogP contribution in [-0.4, -0.2) is 11.1 Å². The zero-order valence-electron chi connectivity index (χ0n) is 11.6. The Morgan fingerprint density at radius 1 is 1.20 bits per heavy atom. The molecular formula is C16H18N2O2. The monoisotopic (exact) mass is 270 g/mol. The molecule has 2 rings (SSSR count). The molecule has 0 spiro atoms. The van der Waals surface area contributed by atoms with Crippen molar-refractivity contribution in [2.45, 2.75) is 19.9 Å². The topological polar surface area (TPSA) is 75.3 Å². The summed E-state index contributed by atoms with van der Waals surface area (Å²) in [4.78, 5) is 11.0. The van der Waals surface area contributed by atoms with Gasteiger partial charge in [-0.15, -0.1) is 0 Å². The quantitative estimate of drug-likeness (QED) is 0.744. The van der Waals surface area contributed by atoms with E-state index in [0.29, 0.717) is 11.4 Å². The number of aromatic carboxylic acids is 1. The van der Waals surface area contributed by atoms with Crippen molar-refractivity contribution in [3.05, 3.63) is 59.2 Å². The molecule has 0 fully saturated rings. The average Bonchev–Trinajstić information content (AvgIpc) is 2.41. The lowest BCUT2D eigenvalue weighted by molar-refractivity contribution is 0.0697. The third kappa shape index (κ3) is 3.09. The number of rotatable bonds is 4. The summed E-state index contributed by atoms with van der Waals surface area (Å²) in [6.45, 7) is 4.05. The minimum atomic E-state index is -0.962. The molecule has 0 aliphatic heterocycles. The Labute approximate surface area is 118 Å². The van der Waals surface area contributed by atoms with E-state index in [4.69, 9.17) is 10.8 Å². The van der Waals surface area contributed by atoms with Crippen LogP contribution in [0.3, 0.4) is 0 Å². The second kappa shape index (κ2) is 5.65. The zero-order chi connectivity index (χ0) is 14.7. The molecule has 0 radical (unpaired) electrons. The first-order valence-corrected chi connectivity index (χ1v) is 6.43. The second-order valence-corrected chi connectivity index (χ2v) is 4.88. The van der Waals surface area contributed by atoms with Gasteiger partial charge in [0, 0.05) is 6.04 Å². The van der Waals surface area contributed by atoms with Gasteiger partial charge >= 0.3 is 5.97 Å². The molecule has 0 aromatic heterocycles. The number of nitrogens with two attached hydrogens (primary N) is 1. The Kier molecular flexibility index (Phi) is 3.94. The molecule has 104 valence electrons. The van der Waals surface area contributed by atoms with E-state index in [9.17, 15) is 4.79 Å². The van der Waals surface area contributed by atoms with Crippen molar-refractivity contribution >= 4 is 17.3 Å². The Morgan fingerprint density at radius 2 is 1.85 bits per heavy atom. The lowest BCUT2D eigenvalue weighted by Crippen LogP contribution is -2.09. The third-order valence-corrected chi connectivity index (χ3v) is 3.25. The number of anilines is 2. The summed E-state index contributed by atoms with van der Waals surface area (Å²) < 4.78 is 0. The van der Waals surface area contributed by atoms with Crippen molar-refractivity contribution in [3.8, 4) is 0 Å². The van der Waals surface area contributed by atoms with E-state index in [1.54, 1.807) is 12.1 Å². The molecule has 4 N–H and O–H groups in total. The minimum Gasteiger partial charge on any atom is -0.478 e. The molecule has 1 unspecified atom stereocenters. The van der Waals surface area contributed by atoms with Crippen LogP contribution in [0.15, 0.2) is 42.5 Å². The fourth-order valence-corrected chi connectivity index (χ4v) is 1.99. The number of hydrogen-bond acceptors (Lipinski definition) is 3. The maximum Gasteiger partial charge on any atom is 0.335 e. The number of carboxylic acids is 1. The first-order chi connectivity index (χ1) is 9.47. The van der Waals surface area contributed by atoms with Gasteiger partial charge in [-0.25, -0.2) is 4.79 Å². The van der Waals surface area contributed by atoms with Crippen molar-refractivity contribution < 1.29 is 9.90 Å². The highest BCUT2D eigenvalue weighted by atomic mass is 16.4. The van der Waals surface area contributed by atoms with Crippen LogP contribution in [0, 0.1) is 6.92 Å². The van der Waals surface area contributed by atoms with Crippen LogP contribution in [0.1, 0.15) is 34.5 Å². The lowest BCUT2D eigenvalue weighted by Gasteiger charge is -2.18. The predicted molar refractivity (Wildman–Crippen MR) is 81.0 cm³/mol. The molecule has 0 saturated carbocycles. The molecule has 0 bridgehead atoms. The molecule has 0 saturated heterocycles. The number of hydrogen-bond donors (Lipinski definition) is 3. The Bertz CT molecular complexity index is 621. The van der Waals surface area contributed by atoms with Gasteiger partial charge < -0.3 is 16.2 Å². The standard InChI is InChI=1S/C16H18N2O2/c1-10-3-5-12(6-4-10)11(2)18-15-9-13(16(19)20)7-8-14(15)17/h3-9,11,18H,17H2,1-2H3,(H,19,20). The maximum atomic E-state index is 11.0. The van der Waals surface area contributed by atoms with Crippen molar-refractivity contribution in [2.75, 3.05) is 11.1 Å². The molecule has 0 aliphatic rings. The Balaban J connectivity index is 2.22. The van der Waals surface area contributed by atoms with Crippen molar-refractivity contribution in [3.63, 3.8) is 0 Å². The van der Waals surface area contributed by atoms with Gasteiger partial charge in [-0.05, 0) is 37.6 Å². The SMILES string of the molecule is Cc1ccc(C(C)Nc2cc(C(=O)O)ccc2N)cc1. The molecule has 20 heavy (non-hydrogen) atoms. The van der Waals surface area contributed by atoms with Crippen molar-refractivity contribution in [1.29, 1.82) is 0 Å². The minimum absolute atomic E-state index is 0.0435. The number of benzene rings is 2. The summed E-state index contributed by atoms with van der Waals surface area (Å²) in [5.41, 5.74) is 9.60. The fourth-order valence-electron chi connectivity index (χ4n) is 1.99. The van der Waals surface area contributed by atoms with Crippen LogP contribution in [0.25, 0.3) is 0 Å². The van der Waals surface area contributed by atoms with Gasteiger partial charge in [-0.2, -0.15) is 0 Å². The van der Waals surface area contributed by atoms with Gasteiger partial charge in [0.1, 0.15) is 0 Å². The zero-order valence-corrected chi connectivity index (χ0v) is 11.6. The van der Waals surface area contributed by atoms with Crippen LogP contribution in [0.5, 0.6) is 0 Å². The summed E-state index contributed by atoms with van der Waals surface area (Å²) >= 11 is 0. The molecule has 0 aliphatic carbocycles. The van der Waals surface area contributed by atoms with E-state index in [1.165, 1.54) is 11.6 Å². The molecule has 2 aromatic rings. The van der Waals surface area contributed by atoms with Gasteiger partial charge in [0.05, 0.1) is 16.9 Å². The molecule has 4 nitrogen and oxygen atoms in total. The smallest absolute Gasteiger partial charge is 0.335 e. The maximum absolute atomic E-state index is 11.0. The van der Waals surface area contributed by atoms with E-state index >= 15 is 0 Å². The Morgan fingerprint density at radius 3 is 2.45 bits per heavy atom. The summed E-state index contributed by atoms with van der Waals surface area (Å²) in [6, 6.07) is 12.9. The number of aryl methyl sites for hydroxylation is 1. The average molecular weight is 270 g/mol. The largest absolute Gasteiger partial charge is 0.478 e. The van der Waals surface area contributed by atoms with Crippen LogP contribution in [0.4, 0.5) is 11.4 Å². The second-order valence-electron chi connectivity index (χ2n) is 4.88. The van der Waals surface area contributed by atoms with E-state index in [1.807, 2.05) is 38.1 Å². The highest BCUT2D eigenvalue weighted by Crippen LogP contribution is 2.25. The summed E-state index contributed by atoms with van der Waals surface area (Å²) in [7, 11) is 0. The summed E-state index contributed by atoms with van der Waals surface area (Å²) in [5, 5.41) is 12.3. The number of nitrogens with one attached hydrogen (secondary N) is 1. The normalized spacial score (nSPS) is 11.9. The van der Waals surface area contributed by atoms with Crippen LogP contribution in [0.2, 0.25) is 0 Å². The fraction of sp³-hybridized carbons (Fsp3) is 0.188. The molecule has 1 atom stereocenters. The number of nitrogen functional groups attached to an aromatic ring is 1. The predicted octanol–water partition coefficient (Wildman–Crippen LogP) is 3.45.